The summed E-state index contributed by atoms with van der Waals surface area (Å²) in [6.45, 7) is -1.36. The Hall–Kier alpha value is -3.25. The maximum Gasteiger partial charge on any atom is 0.278 e. The molecular weight excluding hydrogens is 677 g/mol. The van der Waals surface area contributed by atoms with Gasteiger partial charge in [0.15, 0.2) is 29.8 Å². The fourth-order valence-corrected chi connectivity index (χ4v) is 8.42. The lowest BCUT2D eigenvalue weighted by atomic mass is 10.1. The second-order valence-electron chi connectivity index (χ2n) is 11.6. The van der Waals surface area contributed by atoms with Crippen LogP contribution in [0, 0.1) is 0 Å². The third kappa shape index (κ3) is 5.47. The van der Waals surface area contributed by atoms with Crippen molar-refractivity contribution in [3.8, 4) is 0 Å². The molecule has 4 aliphatic rings. The van der Waals surface area contributed by atoms with Crippen LogP contribution in [0.3, 0.4) is 0 Å². The highest BCUT2D eigenvalue weighted by Gasteiger charge is 2.53. The molecule has 4 unspecified atom stereocenters. The number of aliphatic hydroxyl groups is 1. The molecular formula is C25H24B2FN7O11P2. The number of aromatic amines is 1. The fraction of sp³-hybridized carbons (Fsp3) is 0.480. The number of fused-ring (bicyclic) bond motifs is 3. The van der Waals surface area contributed by atoms with Crippen LogP contribution < -0.4 is 10.9 Å². The summed E-state index contributed by atoms with van der Waals surface area (Å²) in [5.41, 5.74) is 0.964. The van der Waals surface area contributed by atoms with E-state index in [1.165, 1.54) is 21.7 Å². The Labute approximate surface area is 271 Å². The molecule has 18 nitrogen and oxygen atoms in total. The number of nitrogens with zero attached hydrogens (tertiary/aromatic N) is 5. The second kappa shape index (κ2) is 11.7. The zero-order valence-electron chi connectivity index (χ0n) is 24.5. The summed E-state index contributed by atoms with van der Waals surface area (Å²) >= 11 is 0. The van der Waals surface area contributed by atoms with E-state index in [0.717, 1.165) is 6.33 Å². The Morgan fingerprint density at radius 1 is 0.938 bits per heavy atom. The van der Waals surface area contributed by atoms with Gasteiger partial charge in [-0.05, 0) is 18.1 Å². The number of alkyl halides is 1. The summed E-state index contributed by atoms with van der Waals surface area (Å²) in [5, 5.41) is 14.6. The molecule has 4 radical (unpaired) electrons. The maximum absolute atomic E-state index is 16.3. The van der Waals surface area contributed by atoms with Crippen molar-refractivity contribution in [3.05, 3.63) is 47.0 Å². The Morgan fingerprint density at radius 3 is 2.42 bits per heavy atom. The Bertz CT molecular complexity index is 2100. The fourth-order valence-electron chi connectivity index (χ4n) is 6.40. The average molecular weight is 701 g/mol. The summed E-state index contributed by atoms with van der Waals surface area (Å²) in [6, 6.07) is 1.63. The summed E-state index contributed by atoms with van der Waals surface area (Å²) in [7, 11) is 2.68. The smallest absolute Gasteiger partial charge is 0.278 e. The predicted molar refractivity (Wildman–Crippen MR) is 162 cm³/mol. The van der Waals surface area contributed by atoms with E-state index < -0.39 is 82.9 Å². The van der Waals surface area contributed by atoms with Crippen LogP contribution in [0.1, 0.15) is 24.4 Å². The molecule has 8 heterocycles. The van der Waals surface area contributed by atoms with Crippen LogP contribution in [0.25, 0.3) is 22.2 Å². The van der Waals surface area contributed by atoms with Gasteiger partial charge < -0.3 is 47.5 Å². The first kappa shape index (κ1) is 32.0. The molecule has 3 N–H and O–H groups in total. The summed E-state index contributed by atoms with van der Waals surface area (Å²) in [6.07, 6.45) is -6.42. The van der Waals surface area contributed by atoms with E-state index in [1.54, 1.807) is 12.3 Å². The molecule has 248 valence electrons. The largest absolute Gasteiger partial charge is 0.386 e. The number of hydrogen-bond acceptors (Lipinski definition) is 14. The number of aromatic nitrogens is 6. The molecule has 8 rings (SSSR count). The number of H-pyrrole nitrogens is 1. The van der Waals surface area contributed by atoms with Crippen molar-refractivity contribution in [3.63, 3.8) is 0 Å². The van der Waals surface area contributed by atoms with Crippen molar-refractivity contribution in [2.75, 3.05) is 18.5 Å². The number of amides is 1. The summed E-state index contributed by atoms with van der Waals surface area (Å²) in [4.78, 5) is 39.1. The van der Waals surface area contributed by atoms with Crippen LogP contribution in [0.5, 0.6) is 0 Å². The minimum atomic E-state index is -4.59. The van der Waals surface area contributed by atoms with Gasteiger partial charge in [-0.2, -0.15) is 0 Å². The zero-order valence-corrected chi connectivity index (χ0v) is 26.3. The van der Waals surface area contributed by atoms with Crippen molar-refractivity contribution in [1.82, 2.24) is 29.1 Å². The number of nitrogens with one attached hydrogen (secondary N) is 2. The molecule has 0 aliphatic carbocycles. The number of aliphatic hydroxyl groups excluding tert-OH is 1. The number of hydrogen-bond donors (Lipinski definition) is 3. The van der Waals surface area contributed by atoms with E-state index in [1.807, 2.05) is 0 Å². The Morgan fingerprint density at radius 2 is 1.65 bits per heavy atom. The van der Waals surface area contributed by atoms with E-state index in [0.29, 0.717) is 28.7 Å². The third-order valence-corrected chi connectivity index (χ3v) is 10.6. The number of carbonyl (C=O) groups excluding carboxylic acids is 1. The van der Waals surface area contributed by atoms with Gasteiger partial charge in [0.25, 0.3) is 20.5 Å². The van der Waals surface area contributed by atoms with Crippen LogP contribution in [0.4, 0.5) is 10.1 Å². The van der Waals surface area contributed by atoms with Crippen molar-refractivity contribution < 1.29 is 51.0 Å². The van der Waals surface area contributed by atoms with E-state index in [4.69, 9.17) is 42.7 Å². The van der Waals surface area contributed by atoms with Gasteiger partial charge in [-0.25, -0.2) is 19.3 Å². The van der Waals surface area contributed by atoms with Gasteiger partial charge in [-0.15, -0.1) is 0 Å². The minimum absolute atomic E-state index is 0.0468. The number of anilines is 1. The number of carbonyl (C=O) groups is 1. The van der Waals surface area contributed by atoms with Crippen LogP contribution in [0.15, 0.2) is 35.9 Å². The molecule has 23 heteroatoms. The minimum Gasteiger partial charge on any atom is -0.386 e. The first-order valence-electron chi connectivity index (χ1n) is 14.6. The SMILES string of the molecule is [B]P1(=O)OC[C@H]2O[C@@H](n3cnc4c(=O)[nH]cnc43)C(O)[C@H]2OP([B])(=O)OC[C@H]2O[C@@H](n3cc4c5c(ccnc53)NC(=O)CC4)[C@@H](F)C2O1. The number of rotatable bonds is 2. The van der Waals surface area contributed by atoms with Gasteiger partial charge in [0.05, 0.1) is 31.6 Å². The van der Waals surface area contributed by atoms with Crippen LogP contribution in [-0.4, -0.2) is 105 Å². The highest BCUT2D eigenvalue weighted by atomic mass is 31.2. The highest BCUT2D eigenvalue weighted by molar-refractivity contribution is 7.79. The number of ether oxygens (including phenoxy) is 2. The monoisotopic (exact) mass is 701 g/mol. The lowest BCUT2D eigenvalue weighted by Gasteiger charge is -2.30. The first-order valence-corrected chi connectivity index (χ1v) is 17.9. The second-order valence-corrected chi connectivity index (χ2v) is 14.7. The molecule has 4 aromatic rings. The highest BCUT2D eigenvalue weighted by Crippen LogP contribution is 2.54. The normalized spacial score (nSPS) is 37.3. The van der Waals surface area contributed by atoms with Gasteiger partial charge in [-0.3, -0.25) is 23.3 Å². The van der Waals surface area contributed by atoms with Crippen LogP contribution >= 0.6 is 14.9 Å². The van der Waals surface area contributed by atoms with Gasteiger partial charge in [0.2, 0.25) is 21.0 Å². The molecule has 3 fully saturated rings. The van der Waals surface area contributed by atoms with Gasteiger partial charge in [0, 0.05) is 24.2 Å². The van der Waals surface area contributed by atoms with E-state index in [2.05, 4.69) is 25.3 Å². The number of aryl methyl sites for hydroxylation is 1. The molecule has 48 heavy (non-hydrogen) atoms. The van der Waals surface area contributed by atoms with Crippen molar-refractivity contribution >= 4 is 63.9 Å². The number of imidazole rings is 1. The van der Waals surface area contributed by atoms with Crippen molar-refractivity contribution in [2.24, 2.45) is 0 Å². The van der Waals surface area contributed by atoms with Crippen LogP contribution in [0.2, 0.25) is 0 Å². The van der Waals surface area contributed by atoms with Gasteiger partial charge in [-0.1, -0.05) is 0 Å². The Balaban J connectivity index is 1.08. The number of halogens is 1. The van der Waals surface area contributed by atoms with Crippen molar-refractivity contribution in [1.29, 1.82) is 0 Å². The first-order chi connectivity index (χ1) is 22.9. The average Bonchev–Trinajstić information content (AvgIpc) is 3.75. The van der Waals surface area contributed by atoms with Gasteiger partial charge in [0.1, 0.15) is 36.2 Å². The van der Waals surface area contributed by atoms with E-state index in [-0.39, 0.29) is 23.5 Å². The maximum atomic E-state index is 16.3. The molecule has 0 saturated carbocycles. The van der Waals surface area contributed by atoms with Crippen LogP contribution in [-0.2, 0) is 47.9 Å². The molecule has 10 atom stereocenters. The summed E-state index contributed by atoms with van der Waals surface area (Å²) < 4.78 is 79.5. The topological polar surface area (TPSA) is 220 Å². The molecule has 3 saturated heterocycles. The zero-order chi connectivity index (χ0) is 33.5. The molecule has 4 aliphatic heterocycles. The van der Waals surface area contributed by atoms with E-state index in [9.17, 15) is 23.8 Å². The third-order valence-electron chi connectivity index (χ3n) is 8.55. The summed E-state index contributed by atoms with van der Waals surface area (Å²) in [5.74, 6) is -0.178. The molecule has 0 aromatic carbocycles. The Kier molecular flexibility index (Phi) is 7.78. The number of pyridine rings is 1. The lowest BCUT2D eigenvalue weighted by molar-refractivity contribution is -0.116. The standard InChI is InChI=1S/C25H24B2FN7O11P2/c26-47(39)42-7-13-20(18(37)25(44-13)35-9-32-17-22(35)30-8-31-23(17)38)46-48(27,40)41-6-12-19(45-47)16(28)24(43-12)34-5-10-1-2-14(36)33-11-3-4-29-21(34)15(10)11/h3-5,8-9,12-13,16,18-20,24-25,37H,1-2,6-7H2,(H,33,36)(H,30,31,38)/t12-,13-,16+,18?,19?,20+,24-,25-,47?,48?/m1/s1. The molecule has 0 bridgehead atoms. The predicted octanol–water partition coefficient (Wildman–Crippen LogP) is 0.918. The molecule has 1 amide bonds. The lowest BCUT2D eigenvalue weighted by Crippen LogP contribution is -2.38. The van der Waals surface area contributed by atoms with Crippen molar-refractivity contribution in [2.45, 2.75) is 62.0 Å². The quantitative estimate of drug-likeness (QED) is 0.196. The molecule has 0 spiro atoms. The van der Waals surface area contributed by atoms with Gasteiger partial charge >= 0.3 is 0 Å². The van der Waals surface area contributed by atoms with E-state index >= 15 is 4.39 Å². The molecule has 4 aromatic heterocycles.